The van der Waals surface area contributed by atoms with Gasteiger partial charge in [-0.05, 0) is 43.7 Å². The Hall–Kier alpha value is -3.23. The van der Waals surface area contributed by atoms with Crippen molar-refractivity contribution in [3.8, 4) is 0 Å². The number of aromatic nitrogens is 4. The number of aryl methyl sites for hydroxylation is 2. The zero-order valence-corrected chi connectivity index (χ0v) is 15.2. The van der Waals surface area contributed by atoms with Gasteiger partial charge in [0.1, 0.15) is 11.6 Å². The molecule has 2 aromatic heterocycles. The maximum Gasteiger partial charge on any atom is 0.321 e. The van der Waals surface area contributed by atoms with Crippen LogP contribution in [0.5, 0.6) is 0 Å². The first-order chi connectivity index (χ1) is 13.0. The Bertz CT molecular complexity index is 995. The number of urea groups is 1. The Labute approximate surface area is 155 Å². The number of halogens is 1. The number of hydrogen-bond donors (Lipinski definition) is 1. The molecule has 8 nitrogen and oxygen atoms in total. The number of hydrogen-bond acceptors (Lipinski definition) is 5. The van der Waals surface area contributed by atoms with Crippen molar-refractivity contribution in [3.63, 3.8) is 0 Å². The normalized spacial score (nSPS) is 14.6. The average Bonchev–Trinajstić information content (AvgIpc) is 3.05. The molecular weight excluding hydrogens is 349 g/mol. The Morgan fingerprint density at radius 2 is 1.85 bits per heavy atom. The summed E-state index contributed by atoms with van der Waals surface area (Å²) in [7, 11) is 0. The van der Waals surface area contributed by atoms with Crippen LogP contribution in [0.3, 0.4) is 0 Å². The molecule has 1 fully saturated rings. The molecule has 140 valence electrons. The molecule has 2 amide bonds. The first kappa shape index (κ1) is 17.2. The topological polar surface area (TPSA) is 78.7 Å². The zero-order valence-electron chi connectivity index (χ0n) is 15.2. The van der Waals surface area contributed by atoms with Crippen molar-refractivity contribution in [2.75, 3.05) is 36.4 Å². The van der Waals surface area contributed by atoms with Crippen LogP contribution in [0.1, 0.15) is 11.4 Å². The summed E-state index contributed by atoms with van der Waals surface area (Å²) >= 11 is 0. The number of piperazine rings is 1. The van der Waals surface area contributed by atoms with E-state index in [2.05, 4.69) is 25.5 Å². The summed E-state index contributed by atoms with van der Waals surface area (Å²) < 4.78 is 15.3. The number of carbonyl (C=O) groups excluding carboxylic acids is 1. The molecule has 0 atom stereocenters. The highest BCUT2D eigenvalue weighted by atomic mass is 19.1. The van der Waals surface area contributed by atoms with Crippen LogP contribution in [0.25, 0.3) is 5.65 Å². The van der Waals surface area contributed by atoms with Crippen LogP contribution in [0.15, 0.2) is 30.3 Å². The third kappa shape index (κ3) is 3.40. The van der Waals surface area contributed by atoms with Gasteiger partial charge >= 0.3 is 6.03 Å². The standard InChI is InChI=1S/C18H20FN7O/c1-12-3-4-14(11-15(12)19)20-18(27)25-9-7-24(8-10-25)17-6-5-16-22-21-13(2)26(16)23-17/h3-6,11H,7-10H2,1-2H3,(H,20,27). The third-order valence-electron chi connectivity index (χ3n) is 4.72. The summed E-state index contributed by atoms with van der Waals surface area (Å²) in [5.74, 6) is 1.23. The van der Waals surface area contributed by atoms with E-state index < -0.39 is 0 Å². The van der Waals surface area contributed by atoms with E-state index in [1.54, 1.807) is 28.5 Å². The number of anilines is 2. The number of benzene rings is 1. The molecule has 9 heteroatoms. The van der Waals surface area contributed by atoms with Gasteiger partial charge in [-0.2, -0.15) is 4.52 Å². The lowest BCUT2D eigenvalue weighted by molar-refractivity contribution is 0.208. The maximum atomic E-state index is 13.6. The van der Waals surface area contributed by atoms with Crippen molar-refractivity contribution < 1.29 is 9.18 Å². The minimum absolute atomic E-state index is 0.226. The maximum absolute atomic E-state index is 13.6. The zero-order chi connectivity index (χ0) is 19.0. The SMILES string of the molecule is Cc1ccc(NC(=O)N2CCN(c3ccc4nnc(C)n4n3)CC2)cc1F. The molecule has 3 heterocycles. The second-order valence-corrected chi connectivity index (χ2v) is 6.58. The predicted molar refractivity (Wildman–Crippen MR) is 99.5 cm³/mol. The van der Waals surface area contributed by atoms with E-state index in [4.69, 9.17) is 0 Å². The van der Waals surface area contributed by atoms with Gasteiger partial charge in [-0.1, -0.05) is 6.07 Å². The summed E-state index contributed by atoms with van der Waals surface area (Å²) in [6.45, 7) is 5.98. The molecule has 4 rings (SSSR count). The fraction of sp³-hybridized carbons (Fsp3) is 0.333. The van der Waals surface area contributed by atoms with Crippen LogP contribution < -0.4 is 10.2 Å². The van der Waals surface area contributed by atoms with Crippen LogP contribution in [-0.2, 0) is 0 Å². The van der Waals surface area contributed by atoms with E-state index in [1.165, 1.54) is 6.07 Å². The first-order valence-electron chi connectivity index (χ1n) is 8.77. The fourth-order valence-electron chi connectivity index (χ4n) is 3.07. The van der Waals surface area contributed by atoms with Gasteiger partial charge in [-0.15, -0.1) is 15.3 Å². The molecule has 1 saturated heterocycles. The quantitative estimate of drug-likeness (QED) is 0.749. The van der Waals surface area contributed by atoms with Crippen LogP contribution in [0, 0.1) is 19.7 Å². The molecule has 0 spiro atoms. The highest BCUT2D eigenvalue weighted by Gasteiger charge is 2.22. The van der Waals surface area contributed by atoms with Gasteiger partial charge in [0.2, 0.25) is 0 Å². The highest BCUT2D eigenvalue weighted by molar-refractivity contribution is 5.89. The number of nitrogens with zero attached hydrogens (tertiary/aromatic N) is 6. The van der Waals surface area contributed by atoms with Crippen molar-refractivity contribution in [1.82, 2.24) is 24.7 Å². The molecule has 27 heavy (non-hydrogen) atoms. The largest absolute Gasteiger partial charge is 0.352 e. The Morgan fingerprint density at radius 1 is 1.07 bits per heavy atom. The van der Waals surface area contributed by atoms with Crippen LogP contribution in [0.4, 0.5) is 20.7 Å². The minimum Gasteiger partial charge on any atom is -0.352 e. The lowest BCUT2D eigenvalue weighted by Gasteiger charge is -2.35. The van der Waals surface area contributed by atoms with Crippen LogP contribution >= 0.6 is 0 Å². The van der Waals surface area contributed by atoms with E-state index in [9.17, 15) is 9.18 Å². The molecule has 1 aromatic carbocycles. The molecule has 0 radical (unpaired) electrons. The lowest BCUT2D eigenvalue weighted by atomic mass is 10.2. The predicted octanol–water partition coefficient (Wildman–Crippen LogP) is 2.23. The van der Waals surface area contributed by atoms with Gasteiger partial charge in [-0.3, -0.25) is 0 Å². The second kappa shape index (κ2) is 6.82. The number of fused-ring (bicyclic) bond motifs is 1. The Kier molecular flexibility index (Phi) is 4.35. The van der Waals surface area contributed by atoms with Crippen molar-refractivity contribution >= 4 is 23.2 Å². The van der Waals surface area contributed by atoms with Gasteiger partial charge < -0.3 is 15.1 Å². The molecule has 1 aliphatic rings. The monoisotopic (exact) mass is 369 g/mol. The highest BCUT2D eigenvalue weighted by Crippen LogP contribution is 2.17. The van der Waals surface area contributed by atoms with E-state index in [0.29, 0.717) is 43.1 Å². The average molecular weight is 369 g/mol. The van der Waals surface area contributed by atoms with Gasteiger partial charge in [0.25, 0.3) is 0 Å². The number of amides is 2. The van der Waals surface area contributed by atoms with Crippen molar-refractivity contribution in [3.05, 3.63) is 47.5 Å². The van der Waals surface area contributed by atoms with Gasteiger partial charge in [0, 0.05) is 31.9 Å². The fourth-order valence-corrected chi connectivity index (χ4v) is 3.07. The Morgan fingerprint density at radius 3 is 2.59 bits per heavy atom. The summed E-state index contributed by atoms with van der Waals surface area (Å²) in [6.07, 6.45) is 0. The van der Waals surface area contributed by atoms with E-state index in [0.717, 1.165) is 11.6 Å². The van der Waals surface area contributed by atoms with Crippen molar-refractivity contribution in [1.29, 1.82) is 0 Å². The first-order valence-corrected chi connectivity index (χ1v) is 8.77. The molecule has 0 saturated carbocycles. The minimum atomic E-state index is -0.330. The van der Waals surface area contributed by atoms with Gasteiger partial charge in [-0.25, -0.2) is 9.18 Å². The molecule has 1 N–H and O–H groups in total. The second-order valence-electron chi connectivity index (χ2n) is 6.58. The lowest BCUT2D eigenvalue weighted by Crippen LogP contribution is -2.50. The van der Waals surface area contributed by atoms with Crippen LogP contribution in [0.2, 0.25) is 0 Å². The smallest absolute Gasteiger partial charge is 0.321 e. The molecular formula is C18H20FN7O. The molecule has 0 aliphatic carbocycles. The van der Waals surface area contributed by atoms with Crippen LogP contribution in [-0.4, -0.2) is 56.9 Å². The molecule has 3 aromatic rings. The molecule has 1 aliphatic heterocycles. The number of rotatable bonds is 2. The number of nitrogens with one attached hydrogen (secondary N) is 1. The Balaban J connectivity index is 1.39. The van der Waals surface area contributed by atoms with Crippen molar-refractivity contribution in [2.45, 2.75) is 13.8 Å². The summed E-state index contributed by atoms with van der Waals surface area (Å²) in [6, 6.07) is 8.26. The van der Waals surface area contributed by atoms with E-state index >= 15 is 0 Å². The van der Waals surface area contributed by atoms with Gasteiger partial charge in [0.15, 0.2) is 11.5 Å². The summed E-state index contributed by atoms with van der Waals surface area (Å²) in [4.78, 5) is 16.3. The number of carbonyl (C=O) groups is 1. The van der Waals surface area contributed by atoms with Gasteiger partial charge in [0.05, 0.1) is 0 Å². The van der Waals surface area contributed by atoms with E-state index in [-0.39, 0.29) is 11.8 Å². The molecule has 0 unspecified atom stereocenters. The molecule has 0 bridgehead atoms. The van der Waals surface area contributed by atoms with Crippen molar-refractivity contribution in [2.24, 2.45) is 0 Å². The van der Waals surface area contributed by atoms with E-state index in [1.807, 2.05) is 19.1 Å². The summed E-state index contributed by atoms with van der Waals surface area (Å²) in [5, 5.41) is 15.4. The third-order valence-corrected chi connectivity index (χ3v) is 4.72. The summed E-state index contributed by atoms with van der Waals surface area (Å²) in [5.41, 5.74) is 1.72.